The predicted molar refractivity (Wildman–Crippen MR) is 278 cm³/mol. The summed E-state index contributed by atoms with van der Waals surface area (Å²) in [4.78, 5) is 82.0. The van der Waals surface area contributed by atoms with Crippen LogP contribution in [0.4, 0.5) is 0 Å². The van der Waals surface area contributed by atoms with E-state index in [0.717, 1.165) is 64.6 Å². The van der Waals surface area contributed by atoms with Crippen LogP contribution in [0.5, 0.6) is 0 Å². The predicted octanol–water partition coefficient (Wildman–Crippen LogP) is 12.2. The number of unbranched alkanes of at least 4 members (excludes halogenated alkanes) is 12. The summed E-state index contributed by atoms with van der Waals surface area (Å²) in [7, 11) is 2.15. The summed E-state index contributed by atoms with van der Waals surface area (Å²) in [5.41, 5.74) is 5.21. The zero-order valence-electron chi connectivity index (χ0n) is 44.6. The molecular formula is C56H95N3O8. The quantitative estimate of drug-likeness (QED) is 0.0770. The van der Waals surface area contributed by atoms with Crippen LogP contribution in [-0.2, 0) is 40.0 Å². The average molecular weight is 938 g/mol. The van der Waals surface area contributed by atoms with Crippen LogP contribution in [0.1, 0.15) is 216 Å². The molecule has 11 nitrogen and oxygen atoms in total. The highest BCUT2D eigenvalue weighted by Gasteiger charge is 2.36. The Morgan fingerprint density at radius 3 is 1.51 bits per heavy atom. The molecule has 1 aliphatic heterocycles. The van der Waals surface area contributed by atoms with Gasteiger partial charge in [0.2, 0.25) is 5.91 Å². The number of carbonyl (C=O) groups excluding carboxylic acids is 7. The molecule has 0 radical (unpaired) electrons. The molecule has 2 aromatic rings. The first kappa shape index (κ1) is 65.0. The van der Waals surface area contributed by atoms with Gasteiger partial charge in [-0.15, -0.1) is 0 Å². The molecule has 1 amide bonds. The fourth-order valence-electron chi connectivity index (χ4n) is 7.56. The van der Waals surface area contributed by atoms with Crippen LogP contribution < -0.4 is 0 Å². The summed E-state index contributed by atoms with van der Waals surface area (Å²) in [5.74, 6) is 0.373. The molecule has 11 heteroatoms. The van der Waals surface area contributed by atoms with Crippen molar-refractivity contribution >= 4 is 57.1 Å². The van der Waals surface area contributed by atoms with Crippen molar-refractivity contribution in [3.8, 4) is 0 Å². The van der Waals surface area contributed by atoms with Gasteiger partial charge >= 0.3 is 0 Å². The summed E-state index contributed by atoms with van der Waals surface area (Å²) in [6, 6.07) is 6.82. The fraction of sp³-hybridized carbons (Fsp3) is 0.696. The molecule has 2 N–H and O–H groups in total. The second kappa shape index (κ2) is 39.9. The minimum atomic E-state index is -0.787. The van der Waals surface area contributed by atoms with Gasteiger partial charge in [-0.2, -0.15) is 0 Å². The van der Waals surface area contributed by atoms with Gasteiger partial charge < -0.3 is 29.4 Å². The number of aromatic amines is 1. The number of aliphatic hydroxyl groups is 1. The molecule has 0 fully saturated rings. The third-order valence-corrected chi connectivity index (χ3v) is 11.9. The summed E-state index contributed by atoms with van der Waals surface area (Å²) < 4.78 is 0. The third-order valence-electron chi connectivity index (χ3n) is 11.9. The average Bonchev–Trinajstić information content (AvgIpc) is 3.71. The van der Waals surface area contributed by atoms with Crippen molar-refractivity contribution in [1.29, 1.82) is 0 Å². The summed E-state index contributed by atoms with van der Waals surface area (Å²) in [6.45, 7) is 23.8. The lowest BCUT2D eigenvalue weighted by atomic mass is 9.79. The Morgan fingerprint density at radius 2 is 1.12 bits per heavy atom. The lowest BCUT2D eigenvalue weighted by Gasteiger charge is -2.40. The van der Waals surface area contributed by atoms with E-state index >= 15 is 0 Å². The Kier molecular flexibility index (Phi) is 38.7. The molecule has 3 atom stereocenters. The van der Waals surface area contributed by atoms with Crippen LogP contribution >= 0.6 is 0 Å². The van der Waals surface area contributed by atoms with Gasteiger partial charge in [-0.05, 0) is 104 Å². The van der Waals surface area contributed by atoms with Crippen molar-refractivity contribution in [3.63, 3.8) is 0 Å². The van der Waals surface area contributed by atoms with E-state index in [-0.39, 0.29) is 29.2 Å². The maximum absolute atomic E-state index is 12.9. The molecule has 1 aromatic carbocycles. The lowest BCUT2D eigenvalue weighted by molar-refractivity contribution is -0.135. The number of hydrogen-bond acceptors (Lipinski definition) is 9. The molecule has 0 saturated heterocycles. The molecule has 67 heavy (non-hydrogen) atoms. The number of likely N-dealkylation sites (N-methyl/N-ethyl adjacent to an activating group) is 1. The largest absolute Gasteiger partial charge is 0.386 e. The van der Waals surface area contributed by atoms with Gasteiger partial charge in [-0.1, -0.05) is 123 Å². The SMILES string of the molecule is CC(=O)C(C)O.CCC(=O)C(C)=O.CCCCCC(C)=O.CCCCCCCC(C)=O.CCCCCCCCCC(C)=O.CCN(CC)C(=O)[C@@H]1C=C2c3cccc4[nH]cc(c34)C[C@H]2N(C)C1. The smallest absolute Gasteiger partial charge is 0.230 e. The van der Waals surface area contributed by atoms with E-state index < -0.39 is 6.10 Å². The number of carbonyl (C=O) groups is 7. The van der Waals surface area contributed by atoms with E-state index in [0.29, 0.717) is 29.8 Å². The molecule has 1 aromatic heterocycles. The van der Waals surface area contributed by atoms with Gasteiger partial charge in [0.15, 0.2) is 17.3 Å². The molecule has 382 valence electrons. The van der Waals surface area contributed by atoms with Gasteiger partial charge in [0.1, 0.15) is 23.5 Å². The molecule has 0 bridgehead atoms. The molecule has 2 aliphatic rings. The fourth-order valence-corrected chi connectivity index (χ4v) is 7.56. The highest BCUT2D eigenvalue weighted by atomic mass is 16.3. The van der Waals surface area contributed by atoms with Crippen molar-refractivity contribution in [2.75, 3.05) is 26.7 Å². The highest BCUT2D eigenvalue weighted by molar-refractivity contribution is 6.36. The maximum atomic E-state index is 12.9. The first-order valence-corrected chi connectivity index (χ1v) is 25.8. The lowest BCUT2D eigenvalue weighted by Crippen LogP contribution is -2.47. The van der Waals surface area contributed by atoms with E-state index in [2.05, 4.69) is 82.0 Å². The van der Waals surface area contributed by atoms with Crippen LogP contribution in [-0.4, -0.2) is 99.3 Å². The number of Topliss-reactive ketones (excluding diaryl/α,β-unsaturated/α-hetero) is 6. The third kappa shape index (κ3) is 30.1. The minimum Gasteiger partial charge on any atom is -0.386 e. The van der Waals surface area contributed by atoms with Crippen LogP contribution in [0.2, 0.25) is 0 Å². The Morgan fingerprint density at radius 1 is 0.687 bits per heavy atom. The number of nitrogens with zero attached hydrogens (tertiary/aromatic N) is 2. The van der Waals surface area contributed by atoms with Crippen molar-refractivity contribution in [2.45, 2.75) is 224 Å². The standard InChI is InChI=1S/C20H25N3O.C11H22O.C9H18O.C7H14O.C5H8O2.C4H8O2/c1-4-23(5-2)20(24)14-9-16-15-7-6-8-17-19(15)13(11-21-17)10-18(16)22(3)12-14;1-3-4-5-6-7-8-9-10-11(2)12;1-3-4-5-6-7-8-9(2)10;1-3-4-5-6-7(2)8;1-3-5(7)4(2)6;1-3(5)4(2)6/h6-9,11,14,18,21H,4-5,10,12H2,1-3H3;3-10H2,1-2H3;3-8H2,1-2H3;3-6H2,1-2H3;3H2,1-2H3;3,5H,1-2H3/t14-,18-;;;;;/m1...../s1. The van der Waals surface area contributed by atoms with Gasteiger partial charge in [0.05, 0.1) is 5.92 Å². The Hall–Kier alpha value is -4.09. The maximum Gasteiger partial charge on any atom is 0.230 e. The zero-order chi connectivity index (χ0) is 51.3. The number of rotatable bonds is 24. The number of aromatic nitrogens is 1. The summed E-state index contributed by atoms with van der Waals surface area (Å²) in [5, 5.41) is 9.62. The van der Waals surface area contributed by atoms with Crippen molar-refractivity contribution in [3.05, 3.63) is 41.6 Å². The highest BCUT2D eigenvalue weighted by Crippen LogP contribution is 2.41. The van der Waals surface area contributed by atoms with Crippen LogP contribution in [0, 0.1) is 5.92 Å². The van der Waals surface area contributed by atoms with Crippen molar-refractivity contribution in [2.24, 2.45) is 5.92 Å². The summed E-state index contributed by atoms with van der Waals surface area (Å²) >= 11 is 0. The molecule has 1 unspecified atom stereocenters. The zero-order valence-corrected chi connectivity index (χ0v) is 44.6. The Balaban J connectivity index is 0. The number of nitrogens with one attached hydrogen (secondary N) is 1. The number of hydrogen-bond donors (Lipinski definition) is 2. The van der Waals surface area contributed by atoms with Crippen molar-refractivity contribution in [1.82, 2.24) is 14.8 Å². The first-order chi connectivity index (χ1) is 31.8. The molecule has 2 heterocycles. The second-order valence-corrected chi connectivity index (χ2v) is 18.2. The second-order valence-electron chi connectivity index (χ2n) is 18.2. The van der Waals surface area contributed by atoms with E-state index in [4.69, 9.17) is 5.11 Å². The van der Waals surface area contributed by atoms with Crippen LogP contribution in [0.25, 0.3) is 16.5 Å². The molecule has 4 rings (SSSR count). The van der Waals surface area contributed by atoms with Gasteiger partial charge in [-0.25, -0.2) is 0 Å². The number of ketones is 6. The number of benzene rings is 1. The first-order valence-electron chi connectivity index (χ1n) is 25.8. The van der Waals surface area contributed by atoms with Gasteiger partial charge in [0, 0.05) is 75.4 Å². The minimum absolute atomic E-state index is 0.0445. The van der Waals surface area contributed by atoms with Crippen LogP contribution in [0.15, 0.2) is 30.5 Å². The number of fused-ring (bicyclic) bond motifs is 2. The number of H-pyrrole nitrogens is 1. The van der Waals surface area contributed by atoms with E-state index in [1.165, 1.54) is 125 Å². The van der Waals surface area contributed by atoms with E-state index in [1.807, 2.05) is 4.90 Å². The Bertz CT molecular complexity index is 1760. The monoisotopic (exact) mass is 938 g/mol. The van der Waals surface area contributed by atoms with Crippen LogP contribution in [0.3, 0.4) is 0 Å². The van der Waals surface area contributed by atoms with Gasteiger partial charge in [0.25, 0.3) is 0 Å². The normalized spacial score (nSPS) is 14.7. The van der Waals surface area contributed by atoms with E-state index in [9.17, 15) is 33.6 Å². The molecule has 0 spiro atoms. The van der Waals surface area contributed by atoms with Gasteiger partial charge in [-0.3, -0.25) is 24.1 Å². The van der Waals surface area contributed by atoms with E-state index in [1.54, 1.807) is 27.7 Å². The number of amides is 1. The van der Waals surface area contributed by atoms with Crippen molar-refractivity contribution < 1.29 is 38.7 Å². The number of aliphatic hydroxyl groups excluding tert-OH is 1. The molecular weight excluding hydrogens is 843 g/mol. The molecule has 1 aliphatic carbocycles. The molecule has 0 saturated carbocycles. The topological polar surface area (TPSA) is 162 Å². The Labute approximate surface area is 407 Å². The summed E-state index contributed by atoms with van der Waals surface area (Å²) in [6.07, 6.45) is 26.0.